The van der Waals surface area contributed by atoms with Crippen molar-refractivity contribution in [3.8, 4) is 0 Å². The molecule has 2 aromatic rings. The molecule has 0 radical (unpaired) electrons. The van der Waals surface area contributed by atoms with E-state index < -0.39 is 21.1 Å². The molecule has 122 valence electrons. The fourth-order valence-corrected chi connectivity index (χ4v) is 3.52. The van der Waals surface area contributed by atoms with Gasteiger partial charge < -0.3 is 14.7 Å². The summed E-state index contributed by atoms with van der Waals surface area (Å²) >= 11 is 0. The monoisotopic (exact) mass is 337 g/mol. The summed E-state index contributed by atoms with van der Waals surface area (Å²) in [4.78, 5) is 13.8. The molecule has 9 heteroatoms. The van der Waals surface area contributed by atoms with Crippen molar-refractivity contribution in [2.24, 2.45) is 0 Å². The number of nitrogens with zero attached hydrogens (tertiary/aromatic N) is 3. The smallest absolute Gasteiger partial charge is 0.358 e. The zero-order valence-corrected chi connectivity index (χ0v) is 13.1. The SMILES string of the molecule is Cc1ccc(S(=O)(=O)O[C@H]2C[C@H](n3cnc([N+](=O)[O-])c3)C2)cc1. The zero-order chi connectivity index (χ0) is 16.6. The minimum absolute atomic E-state index is 0.0329. The number of aryl methyl sites for hydroxylation is 1. The molecule has 1 aliphatic carbocycles. The van der Waals surface area contributed by atoms with Gasteiger partial charge in [0.15, 0.2) is 0 Å². The minimum Gasteiger partial charge on any atom is -0.358 e. The van der Waals surface area contributed by atoms with Crippen LogP contribution < -0.4 is 0 Å². The van der Waals surface area contributed by atoms with Crippen molar-refractivity contribution in [3.05, 3.63) is 52.5 Å². The molecular weight excluding hydrogens is 322 g/mol. The van der Waals surface area contributed by atoms with E-state index in [0.29, 0.717) is 12.8 Å². The lowest BCUT2D eigenvalue weighted by molar-refractivity contribution is -0.389. The van der Waals surface area contributed by atoms with Gasteiger partial charge in [-0.25, -0.2) is 0 Å². The largest absolute Gasteiger partial charge is 0.381 e. The van der Waals surface area contributed by atoms with Crippen molar-refractivity contribution in [3.63, 3.8) is 0 Å². The van der Waals surface area contributed by atoms with Crippen molar-refractivity contribution in [1.82, 2.24) is 9.55 Å². The first-order valence-corrected chi connectivity index (χ1v) is 8.44. The Hall–Kier alpha value is -2.26. The molecule has 23 heavy (non-hydrogen) atoms. The van der Waals surface area contributed by atoms with Crippen LogP contribution in [0.2, 0.25) is 0 Å². The second-order valence-electron chi connectivity index (χ2n) is 5.55. The number of rotatable bonds is 5. The summed E-state index contributed by atoms with van der Waals surface area (Å²) in [6, 6.07) is 6.42. The Morgan fingerprint density at radius 3 is 2.52 bits per heavy atom. The average Bonchev–Trinajstić information content (AvgIpc) is 2.92. The van der Waals surface area contributed by atoms with Gasteiger partial charge in [0.25, 0.3) is 10.1 Å². The van der Waals surface area contributed by atoms with E-state index in [9.17, 15) is 18.5 Å². The van der Waals surface area contributed by atoms with E-state index in [2.05, 4.69) is 4.98 Å². The summed E-state index contributed by atoms with van der Waals surface area (Å²) in [5.74, 6) is -0.221. The van der Waals surface area contributed by atoms with E-state index in [0.717, 1.165) is 5.56 Å². The Bertz CT molecular complexity index is 822. The van der Waals surface area contributed by atoms with Gasteiger partial charge in [0.05, 0.1) is 11.0 Å². The Kier molecular flexibility index (Phi) is 3.90. The first-order chi connectivity index (χ1) is 10.8. The van der Waals surface area contributed by atoms with Gasteiger partial charge >= 0.3 is 5.82 Å². The summed E-state index contributed by atoms with van der Waals surface area (Å²) in [7, 11) is -3.78. The standard InChI is InChI=1S/C14H15N3O5S/c1-10-2-4-13(5-3-10)23(20,21)22-12-6-11(7-12)16-8-14(15-9-16)17(18)19/h2-5,8-9,11-12H,6-7H2,1H3/t11-,12-. The minimum atomic E-state index is -3.78. The Balaban J connectivity index is 1.61. The first kappa shape index (κ1) is 15.6. The van der Waals surface area contributed by atoms with Crippen LogP contribution >= 0.6 is 0 Å². The van der Waals surface area contributed by atoms with Gasteiger partial charge in [-0.15, -0.1) is 0 Å². The van der Waals surface area contributed by atoms with Gasteiger partial charge in [-0.1, -0.05) is 17.7 Å². The average molecular weight is 337 g/mol. The summed E-state index contributed by atoms with van der Waals surface area (Å²) < 4.78 is 31.1. The molecule has 0 bridgehead atoms. The number of nitro groups is 1. The van der Waals surface area contributed by atoms with Crippen molar-refractivity contribution in [1.29, 1.82) is 0 Å². The van der Waals surface area contributed by atoms with Crippen LogP contribution in [-0.4, -0.2) is 29.0 Å². The fourth-order valence-electron chi connectivity index (χ4n) is 2.42. The zero-order valence-electron chi connectivity index (χ0n) is 12.3. The molecule has 1 saturated carbocycles. The molecule has 1 heterocycles. The maximum absolute atomic E-state index is 12.2. The summed E-state index contributed by atoms with van der Waals surface area (Å²) in [5.41, 5.74) is 0.967. The Morgan fingerprint density at radius 2 is 1.96 bits per heavy atom. The third-order valence-corrected chi connectivity index (χ3v) is 5.21. The summed E-state index contributed by atoms with van der Waals surface area (Å²) in [5, 5.41) is 10.6. The number of imidazole rings is 1. The highest BCUT2D eigenvalue weighted by molar-refractivity contribution is 7.86. The third kappa shape index (κ3) is 3.25. The molecule has 8 nitrogen and oxygen atoms in total. The van der Waals surface area contributed by atoms with Crippen LogP contribution in [0.4, 0.5) is 5.82 Å². The van der Waals surface area contributed by atoms with Gasteiger partial charge in [0, 0.05) is 6.04 Å². The maximum Gasteiger partial charge on any atom is 0.381 e. The van der Waals surface area contributed by atoms with Crippen LogP contribution in [0.3, 0.4) is 0 Å². The van der Waals surface area contributed by atoms with Gasteiger partial charge in [-0.2, -0.15) is 8.42 Å². The predicted molar refractivity (Wildman–Crippen MR) is 80.4 cm³/mol. The van der Waals surface area contributed by atoms with E-state index in [4.69, 9.17) is 4.18 Å². The number of benzene rings is 1. The lowest BCUT2D eigenvalue weighted by atomic mass is 9.89. The van der Waals surface area contributed by atoms with E-state index in [-0.39, 0.29) is 16.8 Å². The highest BCUT2D eigenvalue weighted by Crippen LogP contribution is 2.36. The van der Waals surface area contributed by atoms with Crippen LogP contribution in [-0.2, 0) is 14.3 Å². The van der Waals surface area contributed by atoms with E-state index in [1.807, 2.05) is 6.92 Å². The quantitative estimate of drug-likeness (QED) is 0.470. The van der Waals surface area contributed by atoms with Gasteiger partial charge in [0.2, 0.25) is 6.33 Å². The fraction of sp³-hybridized carbons (Fsp3) is 0.357. The van der Waals surface area contributed by atoms with Crippen LogP contribution in [0.25, 0.3) is 0 Å². The molecule has 1 aromatic heterocycles. The molecule has 0 unspecified atom stereocenters. The highest BCUT2D eigenvalue weighted by atomic mass is 32.2. The van der Waals surface area contributed by atoms with Crippen molar-refractivity contribution in [2.45, 2.75) is 36.8 Å². The Labute approximate surface area is 133 Å². The van der Waals surface area contributed by atoms with E-state index in [1.165, 1.54) is 24.7 Å². The van der Waals surface area contributed by atoms with Crippen LogP contribution in [0.1, 0.15) is 24.4 Å². The van der Waals surface area contributed by atoms with Gasteiger partial charge in [0.1, 0.15) is 6.20 Å². The molecule has 1 fully saturated rings. The molecule has 0 aliphatic heterocycles. The van der Waals surface area contributed by atoms with Gasteiger partial charge in [-0.05, 0) is 41.8 Å². The van der Waals surface area contributed by atoms with E-state index >= 15 is 0 Å². The summed E-state index contributed by atoms with van der Waals surface area (Å²) in [6.07, 6.45) is 3.24. The molecule has 1 aliphatic rings. The topological polar surface area (TPSA) is 104 Å². The van der Waals surface area contributed by atoms with Crippen LogP contribution in [0, 0.1) is 17.0 Å². The van der Waals surface area contributed by atoms with Gasteiger partial charge in [-0.3, -0.25) is 4.18 Å². The third-order valence-electron chi connectivity index (χ3n) is 3.84. The Morgan fingerprint density at radius 1 is 1.30 bits per heavy atom. The molecule has 3 rings (SSSR count). The van der Waals surface area contributed by atoms with Crippen molar-refractivity contribution < 1.29 is 17.5 Å². The second kappa shape index (κ2) is 5.74. The van der Waals surface area contributed by atoms with Crippen LogP contribution in [0.5, 0.6) is 0 Å². The second-order valence-corrected chi connectivity index (χ2v) is 7.12. The number of hydrogen-bond donors (Lipinski definition) is 0. The lowest BCUT2D eigenvalue weighted by Gasteiger charge is -2.34. The summed E-state index contributed by atoms with van der Waals surface area (Å²) in [6.45, 7) is 1.87. The maximum atomic E-state index is 12.2. The highest BCUT2D eigenvalue weighted by Gasteiger charge is 2.36. The van der Waals surface area contributed by atoms with Crippen LogP contribution in [0.15, 0.2) is 41.7 Å². The molecule has 0 N–H and O–H groups in total. The molecule has 0 spiro atoms. The molecule has 0 saturated heterocycles. The lowest BCUT2D eigenvalue weighted by Crippen LogP contribution is -2.34. The normalized spacial score (nSPS) is 20.9. The number of hydrogen-bond acceptors (Lipinski definition) is 6. The van der Waals surface area contributed by atoms with Crippen molar-refractivity contribution >= 4 is 15.9 Å². The molecule has 0 atom stereocenters. The molecular formula is C14H15N3O5S. The number of aromatic nitrogens is 2. The van der Waals surface area contributed by atoms with Crippen molar-refractivity contribution in [2.75, 3.05) is 0 Å². The predicted octanol–water partition coefficient (Wildman–Crippen LogP) is 2.21. The molecule has 1 aromatic carbocycles. The first-order valence-electron chi connectivity index (χ1n) is 7.03. The molecule has 0 amide bonds. The van der Waals surface area contributed by atoms with E-state index in [1.54, 1.807) is 16.7 Å².